The maximum Gasteiger partial charge on any atom is 0.310 e. The Morgan fingerprint density at radius 3 is 2.42 bits per heavy atom. The molecular formula is C14H21NO3S. The van der Waals surface area contributed by atoms with E-state index in [-0.39, 0.29) is 12.3 Å². The summed E-state index contributed by atoms with van der Waals surface area (Å²) < 4.78 is 0. The molecule has 1 aromatic heterocycles. The normalized spacial score (nSPS) is 11.3. The minimum atomic E-state index is -0.936. The highest BCUT2D eigenvalue weighted by Gasteiger charge is 2.37. The zero-order valence-corrected chi connectivity index (χ0v) is 12.5. The summed E-state index contributed by atoms with van der Waals surface area (Å²) in [5.41, 5.74) is 0.218. The maximum absolute atomic E-state index is 11.9. The van der Waals surface area contributed by atoms with Crippen LogP contribution in [-0.2, 0) is 16.1 Å². The summed E-state index contributed by atoms with van der Waals surface area (Å²) in [5.74, 6) is -1.08. The van der Waals surface area contributed by atoms with Crippen molar-refractivity contribution >= 4 is 23.2 Å². The van der Waals surface area contributed by atoms with E-state index in [2.05, 4.69) is 5.32 Å². The predicted octanol–water partition coefficient (Wildman–Crippen LogP) is 2.95. The number of carboxylic acids is 1. The Hall–Kier alpha value is -1.36. The third kappa shape index (κ3) is 3.80. The molecule has 0 aliphatic carbocycles. The summed E-state index contributed by atoms with van der Waals surface area (Å²) >= 11 is 1.60. The third-order valence-corrected chi connectivity index (χ3v) is 4.74. The zero-order chi connectivity index (χ0) is 14.5. The van der Waals surface area contributed by atoms with Gasteiger partial charge in [-0.1, -0.05) is 13.8 Å². The molecule has 1 amide bonds. The molecule has 0 atom stereocenters. The highest BCUT2D eigenvalue weighted by Crippen LogP contribution is 2.30. The van der Waals surface area contributed by atoms with E-state index in [9.17, 15) is 14.7 Å². The van der Waals surface area contributed by atoms with Gasteiger partial charge in [-0.05, 0) is 36.8 Å². The Morgan fingerprint density at radius 1 is 1.37 bits per heavy atom. The van der Waals surface area contributed by atoms with E-state index in [1.807, 2.05) is 32.2 Å². The second kappa shape index (κ2) is 6.70. The number of nitrogens with one attached hydrogen (secondary N) is 1. The summed E-state index contributed by atoms with van der Waals surface area (Å²) in [5, 5.41) is 14.1. The van der Waals surface area contributed by atoms with Crippen molar-refractivity contribution in [2.45, 2.75) is 46.6 Å². The van der Waals surface area contributed by atoms with Crippen LogP contribution >= 0.6 is 11.3 Å². The summed E-state index contributed by atoms with van der Waals surface area (Å²) in [4.78, 5) is 24.4. The van der Waals surface area contributed by atoms with Crippen LogP contribution < -0.4 is 5.32 Å². The molecule has 2 N–H and O–H groups in total. The Labute approximate surface area is 117 Å². The average molecular weight is 283 g/mol. The fraction of sp³-hybridized carbons (Fsp3) is 0.571. The van der Waals surface area contributed by atoms with Gasteiger partial charge in [-0.3, -0.25) is 9.59 Å². The molecule has 0 radical (unpaired) electrons. The van der Waals surface area contributed by atoms with E-state index in [0.717, 1.165) is 10.4 Å². The van der Waals surface area contributed by atoms with E-state index in [4.69, 9.17) is 0 Å². The quantitative estimate of drug-likeness (QED) is 0.808. The molecule has 0 aromatic carbocycles. The monoisotopic (exact) mass is 283 g/mol. The number of hydrogen-bond donors (Lipinski definition) is 2. The lowest BCUT2D eigenvalue weighted by molar-refractivity contribution is -0.152. The van der Waals surface area contributed by atoms with Gasteiger partial charge in [-0.2, -0.15) is 0 Å². The van der Waals surface area contributed by atoms with Gasteiger partial charge in [0.25, 0.3) is 0 Å². The second-order valence-electron chi connectivity index (χ2n) is 4.77. The summed E-state index contributed by atoms with van der Waals surface area (Å²) in [6.07, 6.45) is 0.967. The number of carbonyl (C=O) groups is 2. The number of rotatable bonds is 7. The fourth-order valence-corrected chi connectivity index (χ4v) is 2.86. The van der Waals surface area contributed by atoms with Crippen molar-refractivity contribution in [1.82, 2.24) is 5.32 Å². The molecule has 0 aliphatic heterocycles. The van der Waals surface area contributed by atoms with Crippen LogP contribution in [0.3, 0.4) is 0 Å². The molecule has 4 nitrogen and oxygen atoms in total. The Kier molecular flexibility index (Phi) is 5.54. The molecule has 0 bridgehead atoms. The maximum atomic E-state index is 11.9. The average Bonchev–Trinajstić information content (AvgIpc) is 2.79. The Balaban J connectivity index is 2.59. The number of carbonyl (C=O) groups excluding carboxylic acids is 1. The molecule has 0 spiro atoms. The molecule has 0 fully saturated rings. The van der Waals surface area contributed by atoms with Gasteiger partial charge in [0.1, 0.15) is 0 Å². The molecule has 106 valence electrons. The summed E-state index contributed by atoms with van der Waals surface area (Å²) in [7, 11) is 0. The molecule has 1 heterocycles. The zero-order valence-electron chi connectivity index (χ0n) is 11.7. The first kappa shape index (κ1) is 15.7. The lowest BCUT2D eigenvalue weighted by Crippen LogP contribution is -2.36. The van der Waals surface area contributed by atoms with Gasteiger partial charge in [-0.25, -0.2) is 0 Å². The van der Waals surface area contributed by atoms with Crippen molar-refractivity contribution in [3.05, 3.63) is 21.9 Å². The number of amides is 1. The van der Waals surface area contributed by atoms with Gasteiger partial charge in [0, 0.05) is 11.3 Å². The highest BCUT2D eigenvalue weighted by atomic mass is 32.1. The molecule has 0 saturated heterocycles. The highest BCUT2D eigenvalue weighted by molar-refractivity contribution is 7.10. The van der Waals surface area contributed by atoms with Crippen molar-refractivity contribution in [3.63, 3.8) is 0 Å². The number of aliphatic carboxylic acids is 1. The predicted molar refractivity (Wildman–Crippen MR) is 76.2 cm³/mol. The van der Waals surface area contributed by atoms with Crippen LogP contribution in [0.25, 0.3) is 0 Å². The van der Waals surface area contributed by atoms with Crippen LogP contribution in [0.1, 0.15) is 43.6 Å². The van der Waals surface area contributed by atoms with Gasteiger partial charge in [0.15, 0.2) is 0 Å². The molecule has 0 saturated carbocycles. The molecular weight excluding hydrogens is 262 g/mol. The van der Waals surface area contributed by atoms with Gasteiger partial charge < -0.3 is 10.4 Å². The van der Waals surface area contributed by atoms with Crippen LogP contribution in [0.5, 0.6) is 0 Å². The molecule has 19 heavy (non-hydrogen) atoms. The number of carboxylic acid groups (broad SMARTS) is 1. The van der Waals surface area contributed by atoms with E-state index < -0.39 is 11.4 Å². The number of aryl methyl sites for hydroxylation is 1. The second-order valence-corrected chi connectivity index (χ2v) is 5.77. The van der Waals surface area contributed by atoms with Crippen molar-refractivity contribution in [1.29, 1.82) is 0 Å². The van der Waals surface area contributed by atoms with Gasteiger partial charge in [-0.15, -0.1) is 11.3 Å². The van der Waals surface area contributed by atoms with Crippen molar-refractivity contribution in [2.24, 2.45) is 5.41 Å². The molecule has 5 heteroatoms. The smallest absolute Gasteiger partial charge is 0.310 e. The van der Waals surface area contributed by atoms with Gasteiger partial charge >= 0.3 is 5.97 Å². The molecule has 0 aliphatic rings. The minimum Gasteiger partial charge on any atom is -0.481 e. The third-order valence-electron chi connectivity index (χ3n) is 3.72. The largest absolute Gasteiger partial charge is 0.481 e. The minimum absolute atomic E-state index is 0.0414. The first-order valence-corrected chi connectivity index (χ1v) is 7.36. The van der Waals surface area contributed by atoms with E-state index in [0.29, 0.717) is 19.4 Å². The summed E-state index contributed by atoms with van der Waals surface area (Å²) in [6.45, 7) is 6.10. The molecule has 0 unspecified atom stereocenters. The standard InChI is InChI=1S/C14H21NO3S/c1-4-14(5-2,13(17)18)8-12(16)15-9-11-10(3)6-7-19-11/h6-7H,4-5,8-9H2,1-3H3,(H,15,16)(H,17,18). The number of thiophene rings is 1. The van der Waals surface area contributed by atoms with E-state index in [1.165, 1.54) is 0 Å². The van der Waals surface area contributed by atoms with Gasteiger partial charge in [0.2, 0.25) is 5.91 Å². The lowest BCUT2D eigenvalue weighted by Gasteiger charge is -2.25. The first-order chi connectivity index (χ1) is 8.95. The van der Waals surface area contributed by atoms with Crippen LogP contribution in [-0.4, -0.2) is 17.0 Å². The first-order valence-electron chi connectivity index (χ1n) is 6.48. The van der Waals surface area contributed by atoms with Crippen LogP contribution in [0.15, 0.2) is 11.4 Å². The topological polar surface area (TPSA) is 66.4 Å². The van der Waals surface area contributed by atoms with Crippen LogP contribution in [0, 0.1) is 12.3 Å². The molecule has 1 rings (SSSR count). The van der Waals surface area contributed by atoms with Crippen LogP contribution in [0.4, 0.5) is 0 Å². The molecule has 1 aromatic rings. The number of hydrogen-bond acceptors (Lipinski definition) is 3. The SMILES string of the molecule is CCC(CC)(CC(=O)NCc1sccc1C)C(=O)O. The Morgan fingerprint density at radius 2 is 2.00 bits per heavy atom. The van der Waals surface area contributed by atoms with Crippen molar-refractivity contribution < 1.29 is 14.7 Å². The summed E-state index contributed by atoms with van der Waals surface area (Å²) in [6, 6.07) is 2.01. The van der Waals surface area contributed by atoms with Gasteiger partial charge in [0.05, 0.1) is 12.0 Å². The lowest BCUT2D eigenvalue weighted by atomic mass is 9.79. The fourth-order valence-electron chi connectivity index (χ4n) is 2.01. The van der Waals surface area contributed by atoms with E-state index >= 15 is 0 Å². The van der Waals surface area contributed by atoms with Crippen LogP contribution in [0.2, 0.25) is 0 Å². The van der Waals surface area contributed by atoms with E-state index in [1.54, 1.807) is 11.3 Å². The Bertz CT molecular complexity index is 449. The van der Waals surface area contributed by atoms with Crippen molar-refractivity contribution in [3.8, 4) is 0 Å². The van der Waals surface area contributed by atoms with Crippen molar-refractivity contribution in [2.75, 3.05) is 0 Å².